The molecule has 0 spiro atoms. The highest BCUT2D eigenvalue weighted by Gasteiger charge is 2.13. The van der Waals surface area contributed by atoms with Gasteiger partial charge >= 0.3 is 0 Å². The molecule has 1 unspecified atom stereocenters. The van der Waals surface area contributed by atoms with Gasteiger partial charge in [-0.15, -0.1) is 0 Å². The van der Waals surface area contributed by atoms with Crippen molar-refractivity contribution in [3.8, 4) is 5.75 Å². The van der Waals surface area contributed by atoms with Gasteiger partial charge in [0.15, 0.2) is 0 Å². The Kier molecular flexibility index (Phi) is 7.12. The van der Waals surface area contributed by atoms with Crippen molar-refractivity contribution in [2.75, 3.05) is 31.4 Å². The fourth-order valence-corrected chi connectivity index (χ4v) is 1.79. The summed E-state index contributed by atoms with van der Waals surface area (Å²) in [7, 11) is 5.10. The summed E-state index contributed by atoms with van der Waals surface area (Å²) in [6, 6.07) is 5.48. The molecule has 0 saturated carbocycles. The van der Waals surface area contributed by atoms with Gasteiger partial charge in [-0.3, -0.25) is 9.79 Å². The first-order valence-electron chi connectivity index (χ1n) is 6.89. The number of hydrogen-bond acceptors (Lipinski definition) is 5. The Morgan fingerprint density at radius 2 is 2.27 bits per heavy atom. The van der Waals surface area contributed by atoms with Crippen molar-refractivity contribution in [1.29, 1.82) is 0 Å². The number of hydrogen-bond donors (Lipinski definition) is 1. The third kappa shape index (κ3) is 4.89. The zero-order chi connectivity index (χ0) is 16.5. The molecule has 0 fully saturated rings. The lowest BCUT2D eigenvalue weighted by molar-refractivity contribution is -0.116. The van der Waals surface area contributed by atoms with Gasteiger partial charge in [0.2, 0.25) is 12.2 Å². The predicted octanol–water partition coefficient (Wildman–Crippen LogP) is 2.67. The number of carbonyl (C=O) groups excluding carboxylic acids is 1. The van der Waals surface area contributed by atoms with Gasteiger partial charge in [-0.1, -0.05) is 6.08 Å². The van der Waals surface area contributed by atoms with E-state index in [0.717, 1.165) is 11.4 Å². The van der Waals surface area contributed by atoms with Crippen LogP contribution in [0.4, 0.5) is 11.4 Å². The van der Waals surface area contributed by atoms with Gasteiger partial charge in [0, 0.05) is 46.4 Å². The molecule has 0 saturated heterocycles. The lowest BCUT2D eigenvalue weighted by Gasteiger charge is -2.21. The van der Waals surface area contributed by atoms with E-state index in [0.29, 0.717) is 12.2 Å². The molecule has 1 atom stereocenters. The van der Waals surface area contributed by atoms with E-state index in [4.69, 9.17) is 9.47 Å². The molecule has 0 bridgehead atoms. The van der Waals surface area contributed by atoms with Crippen LogP contribution < -0.4 is 15.0 Å². The molecule has 1 aromatic carbocycles. The van der Waals surface area contributed by atoms with Crippen LogP contribution in [0.3, 0.4) is 0 Å². The normalized spacial score (nSPS) is 12.0. The molecular weight excluding hydrogens is 282 g/mol. The highest BCUT2D eigenvalue weighted by Crippen LogP contribution is 2.30. The summed E-state index contributed by atoms with van der Waals surface area (Å²) in [6.45, 7) is 4.89. The molecule has 0 heterocycles. The molecule has 0 aliphatic carbocycles. The van der Waals surface area contributed by atoms with Crippen molar-refractivity contribution < 1.29 is 14.3 Å². The molecule has 0 aromatic heterocycles. The number of benzene rings is 1. The topological polar surface area (TPSA) is 63.2 Å². The van der Waals surface area contributed by atoms with Crippen LogP contribution in [0.1, 0.15) is 13.3 Å². The molecular formula is C16H23N3O3. The number of ether oxygens (including phenoxy) is 2. The Morgan fingerprint density at radius 1 is 1.55 bits per heavy atom. The maximum Gasteiger partial charge on any atom is 0.223 e. The standard InChI is InChI=1S/C16H23N3O3/c1-12(20)19(4)13-8-9-15(14(11-13)18-3)22-16(21-5)7-6-10-17-2/h6,8-11,16,18H,2,7H2,1,3-5H3/b10-6-. The van der Waals surface area contributed by atoms with Gasteiger partial charge < -0.3 is 19.7 Å². The van der Waals surface area contributed by atoms with Crippen LogP contribution in [0, 0.1) is 0 Å². The number of rotatable bonds is 8. The van der Waals surface area contributed by atoms with E-state index < -0.39 is 6.29 Å². The summed E-state index contributed by atoms with van der Waals surface area (Å²) in [5.41, 5.74) is 1.56. The van der Waals surface area contributed by atoms with E-state index in [-0.39, 0.29) is 5.91 Å². The Hall–Kier alpha value is -2.34. The molecule has 1 amide bonds. The van der Waals surface area contributed by atoms with Gasteiger partial charge in [0.05, 0.1) is 5.69 Å². The minimum Gasteiger partial charge on any atom is -0.462 e. The van der Waals surface area contributed by atoms with E-state index in [2.05, 4.69) is 17.0 Å². The molecule has 0 aliphatic heterocycles. The number of carbonyl (C=O) groups is 1. The summed E-state index contributed by atoms with van der Waals surface area (Å²) in [6.07, 6.45) is 3.53. The van der Waals surface area contributed by atoms with E-state index in [1.54, 1.807) is 32.3 Å². The van der Waals surface area contributed by atoms with Crippen molar-refractivity contribution >= 4 is 24.0 Å². The second kappa shape index (κ2) is 8.84. The minimum atomic E-state index is -0.429. The van der Waals surface area contributed by atoms with Crippen LogP contribution >= 0.6 is 0 Å². The largest absolute Gasteiger partial charge is 0.462 e. The fraction of sp³-hybridized carbons (Fsp3) is 0.375. The van der Waals surface area contributed by atoms with Crippen molar-refractivity contribution in [2.45, 2.75) is 19.6 Å². The monoisotopic (exact) mass is 305 g/mol. The average molecular weight is 305 g/mol. The first-order chi connectivity index (χ1) is 10.5. The second-order valence-electron chi connectivity index (χ2n) is 4.59. The van der Waals surface area contributed by atoms with Crippen molar-refractivity contribution in [3.63, 3.8) is 0 Å². The van der Waals surface area contributed by atoms with Gasteiger partial charge in [-0.05, 0) is 24.9 Å². The van der Waals surface area contributed by atoms with Crippen LogP contribution in [0.5, 0.6) is 5.75 Å². The number of amides is 1. The first kappa shape index (κ1) is 17.7. The van der Waals surface area contributed by atoms with E-state index >= 15 is 0 Å². The SMILES string of the molecule is C=N/C=C\CC(OC)Oc1ccc(N(C)C(C)=O)cc1NC. The summed E-state index contributed by atoms with van der Waals surface area (Å²) in [5, 5.41) is 3.06. The van der Waals surface area contributed by atoms with Gasteiger partial charge in [0.1, 0.15) is 5.75 Å². The molecule has 1 rings (SSSR count). The predicted molar refractivity (Wildman–Crippen MR) is 89.8 cm³/mol. The maximum atomic E-state index is 11.4. The van der Waals surface area contributed by atoms with Gasteiger partial charge in [-0.2, -0.15) is 0 Å². The molecule has 1 N–H and O–H groups in total. The van der Waals surface area contributed by atoms with Gasteiger partial charge in [-0.25, -0.2) is 0 Å². The van der Waals surface area contributed by atoms with Crippen molar-refractivity contribution in [1.82, 2.24) is 0 Å². The molecule has 1 aromatic rings. The molecule has 0 radical (unpaired) electrons. The number of aliphatic imine (C=N–C) groups is 1. The number of nitrogens with zero attached hydrogens (tertiary/aromatic N) is 2. The second-order valence-corrected chi connectivity index (χ2v) is 4.59. The zero-order valence-corrected chi connectivity index (χ0v) is 13.5. The number of methoxy groups -OCH3 is 1. The quantitative estimate of drug-likeness (QED) is 0.592. The Bertz CT molecular complexity index is 543. The summed E-state index contributed by atoms with van der Waals surface area (Å²) >= 11 is 0. The summed E-state index contributed by atoms with van der Waals surface area (Å²) < 4.78 is 11.1. The number of anilines is 2. The number of nitrogens with one attached hydrogen (secondary N) is 1. The lowest BCUT2D eigenvalue weighted by atomic mass is 10.2. The van der Waals surface area contributed by atoms with E-state index in [9.17, 15) is 4.79 Å². The van der Waals surface area contributed by atoms with Crippen LogP contribution in [0.25, 0.3) is 0 Å². The van der Waals surface area contributed by atoms with Gasteiger partial charge in [0.25, 0.3) is 0 Å². The molecule has 6 nitrogen and oxygen atoms in total. The van der Waals surface area contributed by atoms with Crippen LogP contribution in [-0.4, -0.2) is 40.1 Å². The Morgan fingerprint density at radius 3 is 2.82 bits per heavy atom. The van der Waals surface area contributed by atoms with Crippen molar-refractivity contribution in [3.05, 3.63) is 30.5 Å². The zero-order valence-electron chi connectivity index (χ0n) is 13.5. The van der Waals surface area contributed by atoms with Crippen LogP contribution in [0.2, 0.25) is 0 Å². The molecule has 6 heteroatoms. The first-order valence-corrected chi connectivity index (χ1v) is 6.89. The lowest BCUT2D eigenvalue weighted by Crippen LogP contribution is -2.23. The Balaban J connectivity index is 2.92. The summed E-state index contributed by atoms with van der Waals surface area (Å²) in [4.78, 5) is 16.6. The van der Waals surface area contributed by atoms with Crippen molar-refractivity contribution in [2.24, 2.45) is 4.99 Å². The third-order valence-electron chi connectivity index (χ3n) is 3.15. The molecule has 120 valence electrons. The maximum absolute atomic E-state index is 11.4. The summed E-state index contributed by atoms with van der Waals surface area (Å²) in [5.74, 6) is 0.613. The van der Waals surface area contributed by atoms with E-state index in [1.807, 2.05) is 24.3 Å². The molecule has 22 heavy (non-hydrogen) atoms. The van der Waals surface area contributed by atoms with Crippen LogP contribution in [0.15, 0.2) is 35.5 Å². The smallest absolute Gasteiger partial charge is 0.223 e. The highest BCUT2D eigenvalue weighted by molar-refractivity contribution is 5.91. The highest BCUT2D eigenvalue weighted by atomic mass is 16.7. The third-order valence-corrected chi connectivity index (χ3v) is 3.15. The van der Waals surface area contributed by atoms with E-state index in [1.165, 1.54) is 6.92 Å². The fourth-order valence-electron chi connectivity index (χ4n) is 1.79. The minimum absolute atomic E-state index is 0.0347. The molecule has 0 aliphatic rings. The Labute approximate surface area is 131 Å². The average Bonchev–Trinajstić information content (AvgIpc) is 2.53. The van der Waals surface area contributed by atoms with Crippen LogP contribution in [-0.2, 0) is 9.53 Å².